The molecule has 4 bridgehead atoms. The van der Waals surface area contributed by atoms with E-state index >= 15 is 0 Å². The van der Waals surface area contributed by atoms with E-state index < -0.39 is 16.0 Å². The first kappa shape index (κ1) is 15.8. The van der Waals surface area contributed by atoms with Gasteiger partial charge in [-0.3, -0.25) is 40.1 Å². The van der Waals surface area contributed by atoms with Gasteiger partial charge in [0.1, 0.15) is 0 Å². The van der Waals surface area contributed by atoms with Crippen LogP contribution in [0.1, 0.15) is 18.2 Å². The van der Waals surface area contributed by atoms with Gasteiger partial charge in [-0.15, -0.1) is 0 Å². The fourth-order valence-electron chi connectivity index (χ4n) is 4.69. The summed E-state index contributed by atoms with van der Waals surface area (Å²) in [6, 6.07) is 6.00. The molecule has 0 aliphatic carbocycles. The number of nitrogens with zero attached hydrogens (tertiary/aromatic N) is 5. The Morgan fingerprint density at radius 1 is 0.840 bits per heavy atom. The van der Waals surface area contributed by atoms with Crippen molar-refractivity contribution in [2.45, 2.75) is 23.7 Å². The highest BCUT2D eigenvalue weighted by Crippen LogP contribution is 2.49. The standard InChI is InChI=1S/C14H15N5O6/c20-17(21)11-3-1-10(2-4-11)12-15-6-13(18(22)23)5-14(8-15,19(24)25)9-16(12)7-13/h1-4,12H,5-9H2. The van der Waals surface area contributed by atoms with E-state index in [4.69, 9.17) is 0 Å². The van der Waals surface area contributed by atoms with Gasteiger partial charge in [-0.2, -0.15) is 0 Å². The zero-order valence-electron chi connectivity index (χ0n) is 13.1. The Labute approximate surface area is 141 Å². The largest absolute Gasteiger partial charge is 0.270 e. The van der Waals surface area contributed by atoms with Gasteiger partial charge in [0.25, 0.3) is 16.8 Å². The molecule has 0 radical (unpaired) electrons. The van der Waals surface area contributed by atoms with E-state index in [0.29, 0.717) is 0 Å². The Hall–Kier alpha value is -2.66. The summed E-state index contributed by atoms with van der Waals surface area (Å²) in [5.74, 6) is 0. The minimum Gasteiger partial charge on any atom is -0.270 e. The summed E-state index contributed by atoms with van der Waals surface area (Å²) >= 11 is 0. The Morgan fingerprint density at radius 3 is 1.64 bits per heavy atom. The first-order valence-electron chi connectivity index (χ1n) is 7.78. The second kappa shape index (κ2) is 4.92. The molecule has 0 N–H and O–H groups in total. The van der Waals surface area contributed by atoms with Crippen LogP contribution in [0.3, 0.4) is 0 Å². The zero-order valence-corrected chi connectivity index (χ0v) is 13.1. The highest BCUT2D eigenvalue weighted by atomic mass is 16.6. The molecule has 0 atom stereocenters. The predicted octanol–water partition coefficient (Wildman–Crippen LogP) is 0.659. The zero-order chi connectivity index (χ0) is 18.0. The maximum Gasteiger partial charge on any atom is 0.269 e. The number of benzene rings is 1. The SMILES string of the molecule is O=[N+]([O-])c1ccc(C2N3CC4([N+](=O)[O-])CN2CC([N+](=O)[O-])(C3)C4)cc1. The summed E-state index contributed by atoms with van der Waals surface area (Å²) in [6.07, 6.45) is -0.387. The molecule has 11 heteroatoms. The molecule has 5 rings (SSSR count). The molecule has 4 fully saturated rings. The highest BCUT2D eigenvalue weighted by molar-refractivity contribution is 5.35. The highest BCUT2D eigenvalue weighted by Gasteiger charge is 2.71. The number of non-ortho nitro benzene ring substituents is 1. The second-order valence-corrected chi connectivity index (χ2v) is 7.17. The minimum absolute atomic E-state index is 0.0407. The van der Waals surface area contributed by atoms with Crippen LogP contribution in [0.5, 0.6) is 0 Å². The molecule has 0 saturated carbocycles. The molecule has 25 heavy (non-hydrogen) atoms. The molecule has 11 nitrogen and oxygen atoms in total. The van der Waals surface area contributed by atoms with Crippen molar-refractivity contribution in [2.24, 2.45) is 0 Å². The fraction of sp³-hybridized carbons (Fsp3) is 0.571. The Kier molecular flexibility index (Phi) is 3.12. The lowest BCUT2D eigenvalue weighted by Gasteiger charge is -2.59. The number of nitro benzene ring substituents is 1. The van der Waals surface area contributed by atoms with Crippen LogP contribution in [0, 0.1) is 30.3 Å². The van der Waals surface area contributed by atoms with Crippen molar-refractivity contribution in [1.82, 2.24) is 9.80 Å². The van der Waals surface area contributed by atoms with Crippen molar-refractivity contribution in [1.29, 1.82) is 0 Å². The van der Waals surface area contributed by atoms with E-state index in [9.17, 15) is 30.3 Å². The summed E-state index contributed by atoms with van der Waals surface area (Å²) < 4.78 is 0. The van der Waals surface area contributed by atoms with Crippen LogP contribution < -0.4 is 0 Å². The summed E-state index contributed by atoms with van der Waals surface area (Å²) in [4.78, 5) is 36.4. The van der Waals surface area contributed by atoms with Gasteiger partial charge in [0.15, 0.2) is 0 Å². The van der Waals surface area contributed by atoms with Gasteiger partial charge in [-0.1, -0.05) is 0 Å². The lowest BCUT2D eigenvalue weighted by Crippen LogP contribution is -2.80. The van der Waals surface area contributed by atoms with Crippen molar-refractivity contribution in [3.63, 3.8) is 0 Å². The van der Waals surface area contributed by atoms with E-state index in [-0.39, 0.29) is 54.3 Å². The van der Waals surface area contributed by atoms with E-state index in [1.165, 1.54) is 12.1 Å². The second-order valence-electron chi connectivity index (χ2n) is 7.17. The van der Waals surface area contributed by atoms with Crippen molar-refractivity contribution in [3.05, 3.63) is 60.2 Å². The number of nitro groups is 3. The molecule has 0 aromatic heterocycles. The molecular formula is C14H15N5O6. The molecule has 4 saturated heterocycles. The Balaban J connectivity index is 1.71. The lowest BCUT2D eigenvalue weighted by atomic mass is 9.70. The average molecular weight is 349 g/mol. The smallest absolute Gasteiger partial charge is 0.269 e. The number of hydrogen-bond acceptors (Lipinski definition) is 8. The quantitative estimate of drug-likeness (QED) is 0.571. The van der Waals surface area contributed by atoms with E-state index in [0.717, 1.165) is 5.56 Å². The van der Waals surface area contributed by atoms with Gasteiger partial charge in [-0.05, 0) is 17.7 Å². The third-order valence-electron chi connectivity index (χ3n) is 5.52. The molecule has 0 spiro atoms. The molecule has 4 aliphatic rings. The van der Waals surface area contributed by atoms with Crippen LogP contribution in [-0.4, -0.2) is 61.8 Å². The van der Waals surface area contributed by atoms with Gasteiger partial charge in [0, 0.05) is 22.0 Å². The average Bonchev–Trinajstić information content (AvgIpc) is 2.54. The molecule has 0 unspecified atom stereocenters. The first-order valence-corrected chi connectivity index (χ1v) is 7.78. The molecule has 4 aliphatic heterocycles. The van der Waals surface area contributed by atoms with Gasteiger partial charge in [-0.25, -0.2) is 0 Å². The normalized spacial score (nSPS) is 38.5. The van der Waals surface area contributed by atoms with Crippen LogP contribution >= 0.6 is 0 Å². The summed E-state index contributed by atoms with van der Waals surface area (Å²) in [5, 5.41) is 34.1. The van der Waals surface area contributed by atoms with E-state index in [1.807, 2.05) is 0 Å². The topological polar surface area (TPSA) is 136 Å². The summed E-state index contributed by atoms with van der Waals surface area (Å²) in [5.41, 5.74) is -1.95. The maximum atomic E-state index is 11.6. The van der Waals surface area contributed by atoms with Crippen LogP contribution in [0.15, 0.2) is 24.3 Å². The first-order chi connectivity index (χ1) is 11.8. The van der Waals surface area contributed by atoms with Gasteiger partial charge < -0.3 is 0 Å². The molecule has 0 amide bonds. The van der Waals surface area contributed by atoms with Gasteiger partial charge in [0.2, 0.25) is 0 Å². The van der Waals surface area contributed by atoms with Crippen LogP contribution in [0.2, 0.25) is 0 Å². The monoisotopic (exact) mass is 349 g/mol. The molecule has 4 heterocycles. The Bertz CT molecular complexity index is 732. The van der Waals surface area contributed by atoms with Gasteiger partial charge in [0.05, 0.1) is 43.7 Å². The molecular weight excluding hydrogens is 334 g/mol. The molecule has 1 aromatic carbocycles. The number of rotatable bonds is 4. The van der Waals surface area contributed by atoms with E-state index in [2.05, 4.69) is 0 Å². The summed E-state index contributed by atoms with van der Waals surface area (Å²) in [6.45, 7) is 0.586. The fourth-order valence-corrected chi connectivity index (χ4v) is 4.69. The lowest BCUT2D eigenvalue weighted by molar-refractivity contribution is -0.646. The maximum absolute atomic E-state index is 11.6. The Morgan fingerprint density at radius 2 is 1.28 bits per heavy atom. The summed E-state index contributed by atoms with van der Waals surface area (Å²) in [7, 11) is 0. The molecule has 1 aromatic rings. The third kappa shape index (κ3) is 2.12. The number of hydrogen-bond donors (Lipinski definition) is 0. The van der Waals surface area contributed by atoms with Crippen molar-refractivity contribution < 1.29 is 14.8 Å². The van der Waals surface area contributed by atoms with Crippen LogP contribution in [0.25, 0.3) is 0 Å². The van der Waals surface area contributed by atoms with Crippen molar-refractivity contribution in [3.8, 4) is 0 Å². The van der Waals surface area contributed by atoms with Crippen LogP contribution in [0.4, 0.5) is 5.69 Å². The van der Waals surface area contributed by atoms with Crippen LogP contribution in [-0.2, 0) is 0 Å². The third-order valence-corrected chi connectivity index (χ3v) is 5.52. The van der Waals surface area contributed by atoms with Crippen molar-refractivity contribution in [2.75, 3.05) is 26.2 Å². The van der Waals surface area contributed by atoms with Crippen molar-refractivity contribution >= 4 is 5.69 Å². The van der Waals surface area contributed by atoms with Gasteiger partial charge >= 0.3 is 0 Å². The predicted molar refractivity (Wildman–Crippen MR) is 83.1 cm³/mol. The molecule has 132 valence electrons. The number of piperidine rings is 2. The van der Waals surface area contributed by atoms with E-state index in [1.54, 1.807) is 21.9 Å². The minimum atomic E-state index is -1.33.